The van der Waals surface area contributed by atoms with Crippen LogP contribution < -0.4 is 10.6 Å². The first-order valence-electron chi connectivity index (χ1n) is 5.13. The van der Waals surface area contributed by atoms with E-state index in [4.69, 9.17) is 5.73 Å². The summed E-state index contributed by atoms with van der Waals surface area (Å²) in [5.74, 6) is 0.972. The van der Waals surface area contributed by atoms with Gasteiger partial charge in [0.15, 0.2) is 5.82 Å². The van der Waals surface area contributed by atoms with Crippen LogP contribution in [0.2, 0.25) is 0 Å². The van der Waals surface area contributed by atoms with E-state index in [0.29, 0.717) is 12.6 Å². The number of nitrogens with zero attached hydrogens (tertiary/aromatic N) is 3. The second-order valence-corrected chi connectivity index (χ2v) is 3.55. The Morgan fingerprint density at radius 2 is 2.14 bits per heavy atom. The van der Waals surface area contributed by atoms with Gasteiger partial charge in [0.05, 0.1) is 5.69 Å². The van der Waals surface area contributed by atoms with Crippen LogP contribution in [0.1, 0.15) is 25.5 Å². The summed E-state index contributed by atoms with van der Waals surface area (Å²) < 4.78 is 0. The molecule has 0 atom stereocenters. The Morgan fingerprint density at radius 3 is 2.71 bits per heavy atom. The second kappa shape index (κ2) is 3.92. The van der Waals surface area contributed by atoms with Gasteiger partial charge in [-0.15, -0.1) is 0 Å². The normalized spacial score (nSPS) is 15.6. The van der Waals surface area contributed by atoms with Crippen molar-refractivity contribution in [2.75, 3.05) is 11.4 Å². The van der Waals surface area contributed by atoms with Crippen molar-refractivity contribution in [1.29, 1.82) is 0 Å². The van der Waals surface area contributed by atoms with Gasteiger partial charge in [0.2, 0.25) is 0 Å². The minimum absolute atomic E-state index is 0.465. The van der Waals surface area contributed by atoms with Gasteiger partial charge in [0.1, 0.15) is 0 Å². The standard InChI is InChI=1S/C10H16N4/c1-2-14(8-3-4-8)10-9(7-11)12-5-6-13-10/h5-6,8H,2-4,7,11H2,1H3. The van der Waals surface area contributed by atoms with Gasteiger partial charge < -0.3 is 10.6 Å². The van der Waals surface area contributed by atoms with Crippen LogP contribution in [0.25, 0.3) is 0 Å². The van der Waals surface area contributed by atoms with Crippen molar-refractivity contribution in [1.82, 2.24) is 9.97 Å². The van der Waals surface area contributed by atoms with Crippen LogP contribution in [0, 0.1) is 0 Å². The molecule has 76 valence electrons. The third-order valence-electron chi connectivity index (χ3n) is 2.55. The second-order valence-electron chi connectivity index (χ2n) is 3.55. The monoisotopic (exact) mass is 192 g/mol. The molecule has 4 heteroatoms. The first kappa shape index (κ1) is 9.40. The molecule has 4 nitrogen and oxygen atoms in total. The first-order chi connectivity index (χ1) is 6.86. The van der Waals surface area contributed by atoms with E-state index < -0.39 is 0 Å². The molecule has 0 spiro atoms. The van der Waals surface area contributed by atoms with Gasteiger partial charge in [0.25, 0.3) is 0 Å². The molecule has 0 saturated heterocycles. The Kier molecular flexibility index (Phi) is 2.63. The summed E-state index contributed by atoms with van der Waals surface area (Å²) in [5, 5.41) is 0. The van der Waals surface area contributed by atoms with Crippen LogP contribution in [0.5, 0.6) is 0 Å². The number of hydrogen-bond donors (Lipinski definition) is 1. The van der Waals surface area contributed by atoms with Crippen molar-refractivity contribution >= 4 is 5.82 Å². The molecule has 0 aromatic carbocycles. The van der Waals surface area contributed by atoms with Crippen molar-refractivity contribution in [2.24, 2.45) is 5.73 Å². The lowest BCUT2D eigenvalue weighted by Crippen LogP contribution is -2.28. The van der Waals surface area contributed by atoms with Crippen LogP contribution >= 0.6 is 0 Å². The predicted octanol–water partition coefficient (Wildman–Crippen LogP) is 0.924. The van der Waals surface area contributed by atoms with Crippen molar-refractivity contribution in [2.45, 2.75) is 32.4 Å². The summed E-state index contributed by atoms with van der Waals surface area (Å²) in [5.41, 5.74) is 6.54. The number of aromatic nitrogens is 2. The molecule has 0 bridgehead atoms. The molecule has 1 saturated carbocycles. The van der Waals surface area contributed by atoms with E-state index in [0.717, 1.165) is 18.1 Å². The average Bonchev–Trinajstić information content (AvgIpc) is 3.04. The molecule has 1 aliphatic carbocycles. The summed E-state index contributed by atoms with van der Waals surface area (Å²) in [4.78, 5) is 10.9. The molecular formula is C10H16N4. The first-order valence-corrected chi connectivity index (χ1v) is 5.13. The number of nitrogens with two attached hydrogens (primary N) is 1. The smallest absolute Gasteiger partial charge is 0.151 e. The Labute approximate surface area is 84.2 Å². The van der Waals surface area contributed by atoms with Gasteiger partial charge in [-0.2, -0.15) is 0 Å². The topological polar surface area (TPSA) is 55.0 Å². The zero-order chi connectivity index (χ0) is 9.97. The third kappa shape index (κ3) is 1.70. The Hall–Kier alpha value is -1.16. The van der Waals surface area contributed by atoms with Crippen molar-refractivity contribution in [3.63, 3.8) is 0 Å². The summed E-state index contributed by atoms with van der Waals surface area (Å²) in [6.07, 6.45) is 5.98. The van der Waals surface area contributed by atoms with Gasteiger partial charge in [-0.25, -0.2) is 4.98 Å². The minimum Gasteiger partial charge on any atom is -0.352 e. The van der Waals surface area contributed by atoms with E-state index >= 15 is 0 Å². The third-order valence-corrected chi connectivity index (χ3v) is 2.55. The van der Waals surface area contributed by atoms with Gasteiger partial charge in [-0.1, -0.05) is 0 Å². The highest BCUT2D eigenvalue weighted by Gasteiger charge is 2.30. The van der Waals surface area contributed by atoms with Crippen molar-refractivity contribution in [3.05, 3.63) is 18.1 Å². The van der Waals surface area contributed by atoms with E-state index in [9.17, 15) is 0 Å². The van der Waals surface area contributed by atoms with Gasteiger partial charge in [-0.3, -0.25) is 4.98 Å². The van der Waals surface area contributed by atoms with Gasteiger partial charge >= 0.3 is 0 Å². The Bertz CT molecular complexity index is 309. The summed E-state index contributed by atoms with van der Waals surface area (Å²) in [6.45, 7) is 3.59. The molecule has 1 aromatic rings. The fourth-order valence-corrected chi connectivity index (χ4v) is 1.71. The number of anilines is 1. The summed E-state index contributed by atoms with van der Waals surface area (Å²) in [7, 11) is 0. The lowest BCUT2D eigenvalue weighted by molar-refractivity contribution is 0.785. The molecule has 0 aliphatic heterocycles. The van der Waals surface area contributed by atoms with Crippen LogP contribution in [0.15, 0.2) is 12.4 Å². The fraction of sp³-hybridized carbons (Fsp3) is 0.600. The fourth-order valence-electron chi connectivity index (χ4n) is 1.71. The highest BCUT2D eigenvalue weighted by atomic mass is 15.2. The molecular weight excluding hydrogens is 176 g/mol. The Morgan fingerprint density at radius 1 is 1.43 bits per heavy atom. The van der Waals surface area contributed by atoms with E-state index in [-0.39, 0.29) is 0 Å². The summed E-state index contributed by atoms with van der Waals surface area (Å²) in [6, 6.07) is 0.669. The van der Waals surface area contributed by atoms with Gasteiger partial charge in [-0.05, 0) is 19.8 Å². The molecule has 0 unspecified atom stereocenters. The molecule has 2 rings (SSSR count). The molecule has 1 fully saturated rings. The zero-order valence-electron chi connectivity index (χ0n) is 8.48. The van der Waals surface area contributed by atoms with Gasteiger partial charge in [0, 0.05) is 31.5 Å². The molecule has 0 amide bonds. The zero-order valence-corrected chi connectivity index (χ0v) is 8.48. The van der Waals surface area contributed by atoms with Crippen LogP contribution in [-0.2, 0) is 6.54 Å². The van der Waals surface area contributed by atoms with E-state index in [1.807, 2.05) is 0 Å². The maximum absolute atomic E-state index is 5.63. The molecule has 14 heavy (non-hydrogen) atoms. The van der Waals surface area contributed by atoms with Crippen LogP contribution in [0.3, 0.4) is 0 Å². The largest absolute Gasteiger partial charge is 0.352 e. The lowest BCUT2D eigenvalue weighted by Gasteiger charge is -2.22. The van der Waals surface area contributed by atoms with E-state index in [2.05, 4.69) is 21.8 Å². The maximum Gasteiger partial charge on any atom is 0.151 e. The number of rotatable bonds is 4. The van der Waals surface area contributed by atoms with E-state index in [1.54, 1.807) is 12.4 Å². The van der Waals surface area contributed by atoms with Crippen LogP contribution in [0.4, 0.5) is 5.82 Å². The molecule has 1 aliphatic rings. The van der Waals surface area contributed by atoms with Crippen LogP contribution in [-0.4, -0.2) is 22.6 Å². The Balaban J connectivity index is 2.27. The highest BCUT2D eigenvalue weighted by Crippen LogP contribution is 2.31. The highest BCUT2D eigenvalue weighted by molar-refractivity contribution is 5.45. The SMILES string of the molecule is CCN(c1nccnc1CN)C1CC1. The molecule has 1 aromatic heterocycles. The summed E-state index contributed by atoms with van der Waals surface area (Å²) >= 11 is 0. The van der Waals surface area contributed by atoms with E-state index in [1.165, 1.54) is 12.8 Å². The maximum atomic E-state index is 5.63. The van der Waals surface area contributed by atoms with Crippen molar-refractivity contribution < 1.29 is 0 Å². The lowest BCUT2D eigenvalue weighted by atomic mass is 10.3. The van der Waals surface area contributed by atoms with Crippen molar-refractivity contribution in [3.8, 4) is 0 Å². The molecule has 2 N–H and O–H groups in total. The average molecular weight is 192 g/mol. The quantitative estimate of drug-likeness (QED) is 0.771. The minimum atomic E-state index is 0.465. The molecule has 1 heterocycles. The predicted molar refractivity (Wildman–Crippen MR) is 56.0 cm³/mol. The number of hydrogen-bond acceptors (Lipinski definition) is 4. The molecule has 0 radical (unpaired) electrons.